The quantitative estimate of drug-likeness (QED) is 0.733. The van der Waals surface area contributed by atoms with Crippen LogP contribution in [0.15, 0.2) is 0 Å². The smallest absolute Gasteiger partial charge is 0.0827 e. The first-order valence-corrected chi connectivity index (χ1v) is 6.62. The highest BCUT2D eigenvalue weighted by atomic mass is 16.5. The Hall–Kier alpha value is -0.120. The third-order valence-electron chi connectivity index (χ3n) is 3.84. The highest BCUT2D eigenvalue weighted by Gasteiger charge is 2.27. The first-order valence-electron chi connectivity index (χ1n) is 6.62. The summed E-state index contributed by atoms with van der Waals surface area (Å²) in [6.45, 7) is 5.74. The molecule has 0 aromatic heterocycles. The lowest BCUT2D eigenvalue weighted by molar-refractivity contribution is -0.0406. The van der Waals surface area contributed by atoms with E-state index in [1.807, 2.05) is 0 Å². The normalized spacial score (nSPS) is 22.3. The molecule has 1 aliphatic heterocycles. The van der Waals surface area contributed by atoms with Crippen LogP contribution in [0.4, 0.5) is 0 Å². The fourth-order valence-electron chi connectivity index (χ4n) is 2.55. The highest BCUT2D eigenvalue weighted by Crippen LogP contribution is 2.25. The fraction of sp³-hybridized carbons (Fsp3) is 1.00. The predicted octanol–water partition coefficient (Wildman–Crippen LogP) is 1.96. The first kappa shape index (κ1) is 13.9. The van der Waals surface area contributed by atoms with Crippen molar-refractivity contribution >= 4 is 0 Å². The van der Waals surface area contributed by atoms with Gasteiger partial charge in [-0.05, 0) is 31.1 Å². The Balaban J connectivity index is 2.34. The Morgan fingerprint density at radius 3 is 2.19 bits per heavy atom. The molecule has 1 saturated heterocycles. The molecule has 1 rings (SSSR count). The van der Waals surface area contributed by atoms with E-state index in [0.29, 0.717) is 5.92 Å². The maximum absolute atomic E-state index is 10.0. The fourth-order valence-corrected chi connectivity index (χ4v) is 2.55. The van der Waals surface area contributed by atoms with Crippen LogP contribution in [0, 0.1) is 11.8 Å². The summed E-state index contributed by atoms with van der Waals surface area (Å²) in [4.78, 5) is 0. The Kier molecular flexibility index (Phi) is 6.32. The summed E-state index contributed by atoms with van der Waals surface area (Å²) >= 11 is 0. The second-order valence-corrected chi connectivity index (χ2v) is 4.93. The first-order chi connectivity index (χ1) is 7.69. The van der Waals surface area contributed by atoms with Crippen LogP contribution >= 0.6 is 0 Å². The zero-order chi connectivity index (χ0) is 12.0. The minimum absolute atomic E-state index is 0.231. The molecule has 96 valence electrons. The minimum atomic E-state index is -0.562. The zero-order valence-corrected chi connectivity index (χ0v) is 10.6. The molecular formula is C13H26O3. The summed E-state index contributed by atoms with van der Waals surface area (Å²) in [5.74, 6) is 0.752. The Morgan fingerprint density at radius 2 is 1.69 bits per heavy atom. The van der Waals surface area contributed by atoms with Crippen molar-refractivity contribution in [3.8, 4) is 0 Å². The van der Waals surface area contributed by atoms with Crippen molar-refractivity contribution in [2.24, 2.45) is 11.8 Å². The second kappa shape index (κ2) is 7.25. The molecule has 2 unspecified atom stereocenters. The number of rotatable bonds is 6. The summed E-state index contributed by atoms with van der Waals surface area (Å²) in [5.41, 5.74) is 0. The van der Waals surface area contributed by atoms with E-state index < -0.39 is 12.2 Å². The molecule has 1 heterocycles. The summed E-state index contributed by atoms with van der Waals surface area (Å²) < 4.78 is 5.29. The van der Waals surface area contributed by atoms with E-state index in [4.69, 9.17) is 4.74 Å². The summed E-state index contributed by atoms with van der Waals surface area (Å²) in [6.07, 6.45) is 3.51. The molecule has 0 spiro atoms. The molecule has 3 heteroatoms. The maximum atomic E-state index is 10.0. The van der Waals surface area contributed by atoms with Crippen LogP contribution in [-0.4, -0.2) is 35.6 Å². The number of aliphatic hydroxyl groups is 2. The van der Waals surface area contributed by atoms with E-state index in [1.165, 1.54) is 0 Å². The van der Waals surface area contributed by atoms with E-state index in [2.05, 4.69) is 13.8 Å². The van der Waals surface area contributed by atoms with E-state index >= 15 is 0 Å². The van der Waals surface area contributed by atoms with Gasteiger partial charge in [0.25, 0.3) is 0 Å². The molecule has 1 fully saturated rings. The van der Waals surface area contributed by atoms with Gasteiger partial charge in [-0.3, -0.25) is 0 Å². The lowest BCUT2D eigenvalue weighted by Gasteiger charge is -2.29. The molecule has 0 amide bonds. The van der Waals surface area contributed by atoms with Crippen LogP contribution in [0.2, 0.25) is 0 Å². The van der Waals surface area contributed by atoms with Crippen LogP contribution in [0.3, 0.4) is 0 Å². The molecule has 0 radical (unpaired) electrons. The average Bonchev–Trinajstić information content (AvgIpc) is 2.31. The predicted molar refractivity (Wildman–Crippen MR) is 64.2 cm³/mol. The molecular weight excluding hydrogens is 204 g/mol. The van der Waals surface area contributed by atoms with Gasteiger partial charge < -0.3 is 14.9 Å². The van der Waals surface area contributed by atoms with Gasteiger partial charge in [-0.15, -0.1) is 0 Å². The molecule has 2 N–H and O–H groups in total. The Labute approximate surface area is 98.8 Å². The van der Waals surface area contributed by atoms with E-state index in [0.717, 1.165) is 45.3 Å². The molecule has 0 saturated carbocycles. The molecule has 16 heavy (non-hydrogen) atoms. The monoisotopic (exact) mass is 230 g/mol. The van der Waals surface area contributed by atoms with Gasteiger partial charge in [0, 0.05) is 13.2 Å². The van der Waals surface area contributed by atoms with Crippen molar-refractivity contribution in [2.75, 3.05) is 13.2 Å². The molecule has 2 atom stereocenters. The highest BCUT2D eigenvalue weighted by molar-refractivity contribution is 4.78. The largest absolute Gasteiger partial charge is 0.390 e. The van der Waals surface area contributed by atoms with Gasteiger partial charge in [0.1, 0.15) is 0 Å². The third kappa shape index (κ3) is 4.04. The molecule has 1 aliphatic rings. The molecule has 0 bridgehead atoms. The van der Waals surface area contributed by atoms with Gasteiger partial charge in [-0.25, -0.2) is 0 Å². The number of hydrogen-bond acceptors (Lipinski definition) is 3. The zero-order valence-electron chi connectivity index (χ0n) is 10.6. The number of ether oxygens (including phenoxy) is 1. The number of hydrogen-bond donors (Lipinski definition) is 2. The van der Waals surface area contributed by atoms with Crippen LogP contribution in [-0.2, 0) is 4.74 Å². The summed E-state index contributed by atoms with van der Waals surface area (Å²) in [7, 11) is 0. The van der Waals surface area contributed by atoms with Crippen LogP contribution in [0.5, 0.6) is 0 Å². The van der Waals surface area contributed by atoms with Gasteiger partial charge in [0.05, 0.1) is 12.2 Å². The average molecular weight is 230 g/mol. The van der Waals surface area contributed by atoms with E-state index in [1.54, 1.807) is 0 Å². The second-order valence-electron chi connectivity index (χ2n) is 4.93. The van der Waals surface area contributed by atoms with Gasteiger partial charge >= 0.3 is 0 Å². The van der Waals surface area contributed by atoms with Crippen molar-refractivity contribution < 1.29 is 14.9 Å². The van der Waals surface area contributed by atoms with Gasteiger partial charge in [0.2, 0.25) is 0 Å². The lowest BCUT2D eigenvalue weighted by atomic mass is 9.86. The standard InChI is InChI=1S/C13H26O3/c1-3-11(4-2)13(15)12(14)9-10-5-7-16-8-6-10/h10-15H,3-9H2,1-2H3. The molecule has 0 aromatic rings. The van der Waals surface area contributed by atoms with Crippen LogP contribution in [0.25, 0.3) is 0 Å². The van der Waals surface area contributed by atoms with Gasteiger partial charge in [-0.2, -0.15) is 0 Å². The summed E-state index contributed by atoms with van der Waals surface area (Å²) in [6, 6.07) is 0. The van der Waals surface area contributed by atoms with Crippen molar-refractivity contribution in [3.63, 3.8) is 0 Å². The molecule has 0 aliphatic carbocycles. The van der Waals surface area contributed by atoms with E-state index in [9.17, 15) is 10.2 Å². The maximum Gasteiger partial charge on any atom is 0.0827 e. The van der Waals surface area contributed by atoms with Crippen molar-refractivity contribution in [1.29, 1.82) is 0 Å². The minimum Gasteiger partial charge on any atom is -0.390 e. The topological polar surface area (TPSA) is 49.7 Å². The van der Waals surface area contributed by atoms with Gasteiger partial charge in [-0.1, -0.05) is 26.7 Å². The van der Waals surface area contributed by atoms with Crippen LogP contribution in [0.1, 0.15) is 46.0 Å². The number of aliphatic hydroxyl groups excluding tert-OH is 2. The SMILES string of the molecule is CCC(CC)C(O)C(O)CC1CCOCC1. The van der Waals surface area contributed by atoms with Crippen LogP contribution < -0.4 is 0 Å². The van der Waals surface area contributed by atoms with Crippen molar-refractivity contribution in [2.45, 2.75) is 58.2 Å². The van der Waals surface area contributed by atoms with E-state index in [-0.39, 0.29) is 5.92 Å². The molecule has 0 aromatic carbocycles. The summed E-state index contributed by atoms with van der Waals surface area (Å²) in [5, 5.41) is 20.0. The lowest BCUT2D eigenvalue weighted by Crippen LogP contribution is -2.35. The molecule has 3 nitrogen and oxygen atoms in total. The van der Waals surface area contributed by atoms with Crippen molar-refractivity contribution in [1.82, 2.24) is 0 Å². The van der Waals surface area contributed by atoms with Gasteiger partial charge in [0.15, 0.2) is 0 Å². The Bertz CT molecular complexity index is 174. The van der Waals surface area contributed by atoms with Crippen molar-refractivity contribution in [3.05, 3.63) is 0 Å². The Morgan fingerprint density at radius 1 is 1.12 bits per heavy atom. The third-order valence-corrected chi connectivity index (χ3v) is 3.84.